The molecule has 1 aromatic carbocycles. The lowest BCUT2D eigenvalue weighted by Gasteiger charge is -2.36. The number of nitrogens with zero attached hydrogens (tertiary/aromatic N) is 5. The van der Waals surface area contributed by atoms with Crippen molar-refractivity contribution in [1.29, 1.82) is 0 Å². The quantitative estimate of drug-likeness (QED) is 0.717. The van der Waals surface area contributed by atoms with E-state index in [0.717, 1.165) is 37.1 Å². The Balaban J connectivity index is 1.50. The van der Waals surface area contributed by atoms with Crippen molar-refractivity contribution in [3.05, 3.63) is 60.6 Å². The van der Waals surface area contributed by atoms with Crippen LogP contribution in [0.2, 0.25) is 0 Å². The van der Waals surface area contributed by atoms with E-state index in [1.807, 2.05) is 23.1 Å². The lowest BCUT2D eigenvalue weighted by atomic mass is 10.2. The second kappa shape index (κ2) is 7.63. The Kier molecular flexibility index (Phi) is 4.88. The first-order valence-electron chi connectivity index (χ1n) is 8.85. The number of nitrogens with one attached hydrogen (secondary N) is 1. The predicted octanol–water partition coefficient (Wildman–Crippen LogP) is 2.80. The molecule has 0 amide bonds. The third-order valence-corrected chi connectivity index (χ3v) is 4.60. The van der Waals surface area contributed by atoms with Crippen molar-refractivity contribution in [2.24, 2.45) is 0 Å². The highest BCUT2D eigenvalue weighted by Crippen LogP contribution is 2.30. The highest BCUT2D eigenvalue weighted by molar-refractivity contribution is 5.78. The van der Waals surface area contributed by atoms with E-state index < -0.39 is 11.6 Å². The molecule has 1 saturated heterocycles. The Labute approximate surface area is 160 Å². The zero-order chi connectivity index (χ0) is 19.5. The molecule has 144 valence electrons. The summed E-state index contributed by atoms with van der Waals surface area (Å²) in [6.07, 6.45) is 3.13. The Morgan fingerprint density at radius 2 is 1.71 bits per heavy atom. The van der Waals surface area contributed by atoms with E-state index >= 15 is 0 Å². The Morgan fingerprint density at radius 1 is 0.929 bits per heavy atom. The van der Waals surface area contributed by atoms with Crippen molar-refractivity contribution in [2.75, 3.05) is 47.0 Å². The summed E-state index contributed by atoms with van der Waals surface area (Å²) in [6.45, 7) is 2.93. The summed E-state index contributed by atoms with van der Waals surface area (Å²) in [5.74, 6) is 0.589. The van der Waals surface area contributed by atoms with Gasteiger partial charge < -0.3 is 20.9 Å². The zero-order valence-corrected chi connectivity index (χ0v) is 15.0. The molecule has 1 aliphatic heterocycles. The Hall–Kier alpha value is -3.49. The van der Waals surface area contributed by atoms with E-state index in [0.29, 0.717) is 18.9 Å². The molecule has 0 saturated carbocycles. The minimum atomic E-state index is -0.593. The van der Waals surface area contributed by atoms with Gasteiger partial charge in [-0.05, 0) is 24.3 Å². The molecule has 4 rings (SSSR count). The van der Waals surface area contributed by atoms with Crippen LogP contribution in [0, 0.1) is 11.6 Å². The smallest absolute Gasteiger partial charge is 0.159 e. The van der Waals surface area contributed by atoms with E-state index in [9.17, 15) is 8.78 Å². The van der Waals surface area contributed by atoms with Crippen molar-refractivity contribution < 1.29 is 8.78 Å². The number of benzene rings is 1. The average molecular weight is 383 g/mol. The van der Waals surface area contributed by atoms with Gasteiger partial charge in [0.1, 0.15) is 29.5 Å². The average Bonchev–Trinajstić information content (AvgIpc) is 2.73. The van der Waals surface area contributed by atoms with Gasteiger partial charge in [-0.15, -0.1) is 0 Å². The first-order chi connectivity index (χ1) is 13.6. The number of nitrogens with two attached hydrogens (primary N) is 1. The van der Waals surface area contributed by atoms with Crippen LogP contribution in [0.5, 0.6) is 0 Å². The molecule has 3 aromatic rings. The van der Waals surface area contributed by atoms with Gasteiger partial charge in [0.15, 0.2) is 11.6 Å². The number of nitrogen functional groups attached to an aromatic ring is 1. The molecule has 28 heavy (non-hydrogen) atoms. The van der Waals surface area contributed by atoms with Crippen molar-refractivity contribution in [3.63, 3.8) is 0 Å². The molecular formula is C19H19F2N7. The minimum absolute atomic E-state index is 0.0312. The fourth-order valence-electron chi connectivity index (χ4n) is 3.15. The standard InChI is InChI=1S/C19H19F2N7/c20-13-4-5-14(21)15(11-13)26-18-17(22)19(25-12-24-18)28-9-7-27(8-10-28)16-3-1-2-6-23-16/h1-6,11-12H,7-10,22H2,(H,24,25,26). The lowest BCUT2D eigenvalue weighted by Crippen LogP contribution is -2.47. The van der Waals surface area contributed by atoms with Crippen molar-refractivity contribution in [2.45, 2.75) is 0 Å². The SMILES string of the molecule is Nc1c(Nc2cc(F)ccc2F)ncnc1N1CCN(c2ccccn2)CC1. The molecule has 3 N–H and O–H groups in total. The van der Waals surface area contributed by atoms with Crippen LogP contribution in [0.15, 0.2) is 48.9 Å². The Morgan fingerprint density at radius 3 is 2.46 bits per heavy atom. The van der Waals surface area contributed by atoms with Crippen LogP contribution in [0.4, 0.5) is 37.6 Å². The zero-order valence-electron chi connectivity index (χ0n) is 15.0. The first-order valence-corrected chi connectivity index (χ1v) is 8.85. The summed E-state index contributed by atoms with van der Waals surface area (Å²) < 4.78 is 27.3. The van der Waals surface area contributed by atoms with Gasteiger partial charge in [0, 0.05) is 38.4 Å². The highest BCUT2D eigenvalue weighted by Gasteiger charge is 2.22. The normalized spacial score (nSPS) is 14.2. The number of hydrogen-bond acceptors (Lipinski definition) is 7. The number of aromatic nitrogens is 3. The summed E-state index contributed by atoms with van der Waals surface area (Å²) in [7, 11) is 0. The molecule has 9 heteroatoms. The number of piperazine rings is 1. The third kappa shape index (κ3) is 3.64. The van der Waals surface area contributed by atoms with Crippen LogP contribution in [0.3, 0.4) is 0 Å². The number of rotatable bonds is 4. The van der Waals surface area contributed by atoms with Gasteiger partial charge >= 0.3 is 0 Å². The van der Waals surface area contributed by atoms with Gasteiger partial charge in [0.05, 0.1) is 5.69 Å². The second-order valence-electron chi connectivity index (χ2n) is 6.37. The molecule has 0 atom stereocenters. The molecule has 0 unspecified atom stereocenters. The number of halogens is 2. The maximum Gasteiger partial charge on any atom is 0.159 e. The van der Waals surface area contributed by atoms with Gasteiger partial charge in [0.2, 0.25) is 0 Å². The maximum atomic E-state index is 13.9. The number of hydrogen-bond donors (Lipinski definition) is 2. The first kappa shape index (κ1) is 17.9. The van der Waals surface area contributed by atoms with Crippen LogP contribution >= 0.6 is 0 Å². The van der Waals surface area contributed by atoms with Gasteiger partial charge in [0.25, 0.3) is 0 Å². The van der Waals surface area contributed by atoms with E-state index in [2.05, 4.69) is 25.2 Å². The number of anilines is 5. The molecule has 0 bridgehead atoms. The fourth-order valence-corrected chi connectivity index (χ4v) is 3.15. The lowest BCUT2D eigenvalue weighted by molar-refractivity contribution is 0.603. The van der Waals surface area contributed by atoms with Gasteiger partial charge in [-0.2, -0.15) is 0 Å². The van der Waals surface area contributed by atoms with Gasteiger partial charge in [-0.1, -0.05) is 6.07 Å². The summed E-state index contributed by atoms with van der Waals surface area (Å²) in [5.41, 5.74) is 6.48. The van der Waals surface area contributed by atoms with Crippen molar-refractivity contribution in [1.82, 2.24) is 15.0 Å². The molecule has 2 aromatic heterocycles. The monoisotopic (exact) mass is 383 g/mol. The van der Waals surface area contributed by atoms with Crippen molar-refractivity contribution >= 4 is 28.8 Å². The van der Waals surface area contributed by atoms with E-state index in [-0.39, 0.29) is 17.2 Å². The summed E-state index contributed by atoms with van der Waals surface area (Å²) in [6, 6.07) is 8.98. The summed E-state index contributed by atoms with van der Waals surface area (Å²) in [4.78, 5) is 17.0. The predicted molar refractivity (Wildman–Crippen MR) is 105 cm³/mol. The topological polar surface area (TPSA) is 83.2 Å². The third-order valence-electron chi connectivity index (χ3n) is 4.60. The molecule has 0 radical (unpaired) electrons. The molecule has 0 spiro atoms. The molecule has 1 fully saturated rings. The van der Waals surface area contributed by atoms with E-state index in [4.69, 9.17) is 5.73 Å². The molecule has 3 heterocycles. The molecule has 7 nitrogen and oxygen atoms in total. The largest absolute Gasteiger partial charge is 0.393 e. The number of pyridine rings is 1. The Bertz CT molecular complexity index is 960. The maximum absolute atomic E-state index is 13.9. The van der Waals surface area contributed by atoms with Crippen LogP contribution in [0.25, 0.3) is 0 Å². The summed E-state index contributed by atoms with van der Waals surface area (Å²) in [5, 5.41) is 2.76. The van der Waals surface area contributed by atoms with E-state index in [1.165, 1.54) is 6.33 Å². The molecule has 0 aliphatic carbocycles. The summed E-state index contributed by atoms with van der Waals surface area (Å²) >= 11 is 0. The van der Waals surface area contributed by atoms with Gasteiger partial charge in [-0.25, -0.2) is 23.7 Å². The second-order valence-corrected chi connectivity index (χ2v) is 6.37. The van der Waals surface area contributed by atoms with Crippen LogP contribution in [0.1, 0.15) is 0 Å². The fraction of sp³-hybridized carbons (Fsp3) is 0.211. The van der Waals surface area contributed by atoms with Crippen LogP contribution in [-0.2, 0) is 0 Å². The van der Waals surface area contributed by atoms with Crippen LogP contribution < -0.4 is 20.9 Å². The molecular weight excluding hydrogens is 364 g/mol. The molecule has 1 aliphatic rings. The van der Waals surface area contributed by atoms with E-state index in [1.54, 1.807) is 6.20 Å². The highest BCUT2D eigenvalue weighted by atomic mass is 19.1. The minimum Gasteiger partial charge on any atom is -0.393 e. The van der Waals surface area contributed by atoms with Crippen LogP contribution in [-0.4, -0.2) is 41.1 Å². The van der Waals surface area contributed by atoms with Crippen molar-refractivity contribution in [3.8, 4) is 0 Å². The van der Waals surface area contributed by atoms with Gasteiger partial charge in [-0.3, -0.25) is 0 Å².